The lowest BCUT2D eigenvalue weighted by atomic mass is 9.89. The lowest BCUT2D eigenvalue weighted by molar-refractivity contribution is -0.193. The minimum Gasteiger partial charge on any atom is -0.491 e. The molecule has 222 valence electrons. The zero-order valence-corrected chi connectivity index (χ0v) is 23.5. The molecule has 1 saturated carbocycles. The van der Waals surface area contributed by atoms with Crippen LogP contribution in [0.15, 0.2) is 54.6 Å². The number of benzene rings is 1. The number of hydrogen-bond acceptors (Lipinski definition) is 7. The maximum Gasteiger partial charge on any atom is 0.303 e. The van der Waals surface area contributed by atoms with Crippen molar-refractivity contribution in [2.24, 2.45) is 11.8 Å². The number of allylic oxidation sites excluding steroid dienone is 2. The fourth-order valence-corrected chi connectivity index (χ4v) is 5.69. The van der Waals surface area contributed by atoms with Crippen LogP contribution in [0.1, 0.15) is 70.6 Å². The number of aliphatic hydroxyl groups excluding tert-OH is 1. The molecule has 1 aromatic carbocycles. The Hall–Kier alpha value is -2.23. The molecule has 2 aliphatic heterocycles. The van der Waals surface area contributed by atoms with E-state index in [-0.39, 0.29) is 43.0 Å². The zero-order valence-electron chi connectivity index (χ0n) is 23.5. The van der Waals surface area contributed by atoms with Gasteiger partial charge in [0.1, 0.15) is 18.5 Å². The summed E-state index contributed by atoms with van der Waals surface area (Å²) in [5, 5.41) is 19.9. The molecule has 8 heteroatoms. The molecule has 1 aromatic rings. The number of unbranched alkanes of at least 4 members (excludes halogenated alkanes) is 1. The van der Waals surface area contributed by atoms with Gasteiger partial charge < -0.3 is 33.9 Å². The van der Waals surface area contributed by atoms with E-state index in [0.29, 0.717) is 45.5 Å². The molecular formula is C32H46O8. The van der Waals surface area contributed by atoms with Crippen LogP contribution >= 0.6 is 0 Å². The van der Waals surface area contributed by atoms with E-state index >= 15 is 0 Å². The first-order valence-corrected chi connectivity index (χ1v) is 15.0. The molecule has 2 unspecified atom stereocenters. The van der Waals surface area contributed by atoms with Crippen LogP contribution < -0.4 is 4.74 Å². The van der Waals surface area contributed by atoms with Gasteiger partial charge in [-0.25, -0.2) is 0 Å². The molecule has 0 radical (unpaired) electrons. The number of aliphatic hydroxyl groups is 1. The lowest BCUT2D eigenvalue weighted by Gasteiger charge is -2.30. The van der Waals surface area contributed by atoms with E-state index in [4.69, 9.17) is 28.8 Å². The van der Waals surface area contributed by atoms with E-state index in [9.17, 15) is 9.90 Å². The second-order valence-corrected chi connectivity index (χ2v) is 11.0. The number of carboxylic acid groups (broad SMARTS) is 1. The van der Waals surface area contributed by atoms with Gasteiger partial charge in [-0.1, -0.05) is 42.5 Å². The van der Waals surface area contributed by atoms with Crippen LogP contribution in [0.25, 0.3) is 0 Å². The first kappa shape index (κ1) is 30.7. The Labute approximate surface area is 238 Å². The fourth-order valence-electron chi connectivity index (χ4n) is 5.69. The van der Waals surface area contributed by atoms with Gasteiger partial charge in [-0.05, 0) is 75.8 Å². The average Bonchev–Trinajstić information content (AvgIpc) is 3.26. The highest BCUT2D eigenvalue weighted by Crippen LogP contribution is 2.39. The first-order valence-electron chi connectivity index (χ1n) is 15.0. The fraction of sp³-hybridized carbons (Fsp3) is 0.656. The van der Waals surface area contributed by atoms with Gasteiger partial charge in [0, 0.05) is 32.0 Å². The average molecular weight is 559 g/mol. The molecule has 0 aromatic heterocycles. The molecule has 8 nitrogen and oxygen atoms in total. The summed E-state index contributed by atoms with van der Waals surface area (Å²) >= 11 is 0. The molecule has 7 atom stereocenters. The quantitative estimate of drug-likeness (QED) is 0.210. The van der Waals surface area contributed by atoms with E-state index in [0.717, 1.165) is 44.3 Å². The third-order valence-electron chi connectivity index (χ3n) is 7.86. The molecule has 1 aliphatic carbocycles. The minimum absolute atomic E-state index is 0.0258. The standard InChI is InChI=1S/C32H46O8/c33-28-22-29(40-32-17-9-11-21-37-32)27(26(28)14-6-1-2-7-15-30(34)35)19-18-25(39-31-16-8-10-20-36-31)23-38-24-12-4-3-5-13-24/h1,3-6,12-13,18-19,25-29,31-33H,2,7-11,14-17,20-23H2,(H,34,35)/t25-,26-,27-,28+,29-,31?,32?/m1/s1. The third-order valence-corrected chi connectivity index (χ3v) is 7.86. The van der Waals surface area contributed by atoms with Gasteiger partial charge in [0.25, 0.3) is 0 Å². The number of rotatable bonds is 15. The molecule has 0 amide bonds. The monoisotopic (exact) mass is 558 g/mol. The second-order valence-electron chi connectivity index (χ2n) is 11.0. The van der Waals surface area contributed by atoms with Crippen LogP contribution in [0.2, 0.25) is 0 Å². The smallest absolute Gasteiger partial charge is 0.303 e. The predicted molar refractivity (Wildman–Crippen MR) is 151 cm³/mol. The van der Waals surface area contributed by atoms with E-state index < -0.39 is 12.1 Å². The SMILES string of the molecule is O=C(O)CCCC=CC[C@@H]1[C@@H](C=C[C@H](COc2ccccc2)OC2CCCCO2)[C@H](OC2CCCCO2)C[C@@H]1O. The lowest BCUT2D eigenvalue weighted by Crippen LogP contribution is -2.32. The number of aliphatic carboxylic acids is 1. The molecule has 2 heterocycles. The van der Waals surface area contributed by atoms with Crippen molar-refractivity contribution >= 4 is 5.97 Å². The van der Waals surface area contributed by atoms with Gasteiger partial charge in [-0.3, -0.25) is 4.79 Å². The number of hydrogen-bond donors (Lipinski definition) is 2. The largest absolute Gasteiger partial charge is 0.491 e. The Balaban J connectivity index is 1.44. The zero-order chi connectivity index (χ0) is 28.0. The summed E-state index contributed by atoms with van der Waals surface area (Å²) in [6.45, 7) is 1.76. The molecule has 0 bridgehead atoms. The molecule has 2 saturated heterocycles. The van der Waals surface area contributed by atoms with Gasteiger partial charge in [-0.15, -0.1) is 0 Å². The van der Waals surface area contributed by atoms with Crippen LogP contribution in [0.4, 0.5) is 0 Å². The third kappa shape index (κ3) is 10.3. The van der Waals surface area contributed by atoms with Crippen molar-refractivity contribution in [1.82, 2.24) is 0 Å². The highest BCUT2D eigenvalue weighted by atomic mass is 16.7. The molecule has 40 heavy (non-hydrogen) atoms. The summed E-state index contributed by atoms with van der Waals surface area (Å²) in [6.07, 6.45) is 15.5. The van der Waals surface area contributed by atoms with Gasteiger partial charge in [-0.2, -0.15) is 0 Å². The van der Waals surface area contributed by atoms with Crippen LogP contribution in [0, 0.1) is 11.8 Å². The van der Waals surface area contributed by atoms with Crippen molar-refractivity contribution in [3.63, 3.8) is 0 Å². The van der Waals surface area contributed by atoms with Crippen LogP contribution in [-0.2, 0) is 23.7 Å². The van der Waals surface area contributed by atoms with Crippen LogP contribution in [0.3, 0.4) is 0 Å². The summed E-state index contributed by atoms with van der Waals surface area (Å²) in [7, 11) is 0. The Bertz CT molecular complexity index is 907. The predicted octanol–water partition coefficient (Wildman–Crippen LogP) is 5.64. The van der Waals surface area contributed by atoms with E-state index in [2.05, 4.69) is 12.2 Å². The topological polar surface area (TPSA) is 104 Å². The molecular weight excluding hydrogens is 512 g/mol. The molecule has 2 N–H and O–H groups in total. The second kappa shape index (κ2) is 16.9. The van der Waals surface area contributed by atoms with E-state index in [1.165, 1.54) is 0 Å². The summed E-state index contributed by atoms with van der Waals surface area (Å²) in [4.78, 5) is 10.8. The van der Waals surface area contributed by atoms with Gasteiger partial charge >= 0.3 is 5.97 Å². The summed E-state index contributed by atoms with van der Waals surface area (Å²) < 4.78 is 30.5. The molecule has 3 aliphatic rings. The number of carboxylic acids is 1. The van der Waals surface area contributed by atoms with Crippen LogP contribution in [-0.4, -0.2) is 66.9 Å². The maximum atomic E-state index is 11.1. The molecule has 4 rings (SSSR count). The summed E-state index contributed by atoms with van der Waals surface area (Å²) in [6, 6.07) is 9.70. The van der Waals surface area contributed by atoms with Crippen molar-refractivity contribution in [2.45, 2.75) is 102 Å². The summed E-state index contributed by atoms with van der Waals surface area (Å²) in [5.41, 5.74) is 0. The number of para-hydroxylation sites is 1. The van der Waals surface area contributed by atoms with E-state index in [1.54, 1.807) is 0 Å². The number of carbonyl (C=O) groups is 1. The Morgan fingerprint density at radius 3 is 2.48 bits per heavy atom. The number of ether oxygens (including phenoxy) is 5. The Kier molecular flexibility index (Phi) is 13.0. The Morgan fingerprint density at radius 2 is 1.77 bits per heavy atom. The van der Waals surface area contributed by atoms with Crippen molar-refractivity contribution in [1.29, 1.82) is 0 Å². The normalized spacial score (nSPS) is 30.1. The maximum absolute atomic E-state index is 11.1. The van der Waals surface area contributed by atoms with Crippen molar-refractivity contribution < 1.29 is 38.7 Å². The minimum atomic E-state index is -0.776. The highest BCUT2D eigenvalue weighted by molar-refractivity contribution is 5.66. The molecule has 0 spiro atoms. The summed E-state index contributed by atoms with van der Waals surface area (Å²) in [5.74, 6) is -0.0465. The van der Waals surface area contributed by atoms with Crippen LogP contribution in [0.5, 0.6) is 5.75 Å². The first-order chi connectivity index (χ1) is 19.6. The van der Waals surface area contributed by atoms with Crippen molar-refractivity contribution in [3.8, 4) is 5.75 Å². The van der Waals surface area contributed by atoms with E-state index in [1.807, 2.05) is 42.5 Å². The van der Waals surface area contributed by atoms with Crippen molar-refractivity contribution in [3.05, 3.63) is 54.6 Å². The Morgan fingerprint density at radius 1 is 1.02 bits per heavy atom. The highest BCUT2D eigenvalue weighted by Gasteiger charge is 2.42. The van der Waals surface area contributed by atoms with Gasteiger partial charge in [0.2, 0.25) is 0 Å². The van der Waals surface area contributed by atoms with Gasteiger partial charge in [0.05, 0.1) is 12.2 Å². The molecule has 3 fully saturated rings. The van der Waals surface area contributed by atoms with Gasteiger partial charge in [0.15, 0.2) is 12.6 Å². The van der Waals surface area contributed by atoms with Crippen molar-refractivity contribution in [2.75, 3.05) is 19.8 Å².